The molecular formula is C19H35N3O4S. The number of sulfonamides is 1. The van der Waals surface area contributed by atoms with Crippen LogP contribution in [0, 0.1) is 11.8 Å². The molecule has 1 atom stereocenters. The van der Waals surface area contributed by atoms with E-state index >= 15 is 0 Å². The van der Waals surface area contributed by atoms with Crippen molar-refractivity contribution in [2.24, 2.45) is 11.8 Å². The van der Waals surface area contributed by atoms with E-state index in [2.05, 4.69) is 4.90 Å². The summed E-state index contributed by atoms with van der Waals surface area (Å²) in [5.74, 6) is 0.978. The fraction of sp³-hybridized carbons (Fsp3) is 0.947. The summed E-state index contributed by atoms with van der Waals surface area (Å²) in [6, 6.07) is 0. The zero-order valence-corrected chi connectivity index (χ0v) is 17.2. The molecule has 8 heteroatoms. The Morgan fingerprint density at radius 3 is 2.26 bits per heavy atom. The number of hydrogen-bond acceptors (Lipinski definition) is 4. The van der Waals surface area contributed by atoms with Gasteiger partial charge in [-0.05, 0) is 82.8 Å². The van der Waals surface area contributed by atoms with E-state index in [0.29, 0.717) is 38.5 Å². The number of nitrogens with zero attached hydrogens (tertiary/aromatic N) is 3. The molecule has 0 aliphatic carbocycles. The van der Waals surface area contributed by atoms with Gasteiger partial charge in [0.1, 0.15) is 0 Å². The average Bonchev–Trinajstić information content (AvgIpc) is 3.19. The molecule has 3 heterocycles. The minimum atomic E-state index is -3.22. The van der Waals surface area contributed by atoms with E-state index in [9.17, 15) is 13.2 Å². The zero-order valence-electron chi connectivity index (χ0n) is 16.4. The second-order valence-electron chi connectivity index (χ2n) is 8.52. The minimum Gasteiger partial charge on any atom is -0.465 e. The van der Waals surface area contributed by atoms with Gasteiger partial charge >= 0.3 is 6.09 Å². The molecule has 0 spiro atoms. The summed E-state index contributed by atoms with van der Waals surface area (Å²) < 4.78 is 27.1. The van der Waals surface area contributed by atoms with Gasteiger partial charge in [-0.25, -0.2) is 17.5 Å². The molecular weight excluding hydrogens is 366 g/mol. The number of carbonyl (C=O) groups is 1. The third kappa shape index (κ3) is 6.06. The SMILES string of the molecule is O=C(O)N1CCCC(CCS(=O)(=O)N2CCC(CCN3CCCC3)CC2)C1. The van der Waals surface area contributed by atoms with Gasteiger partial charge < -0.3 is 14.9 Å². The van der Waals surface area contributed by atoms with Gasteiger partial charge in [-0.2, -0.15) is 0 Å². The maximum atomic E-state index is 12.7. The van der Waals surface area contributed by atoms with Crippen molar-refractivity contribution < 1.29 is 18.3 Å². The molecule has 0 saturated carbocycles. The van der Waals surface area contributed by atoms with Crippen molar-refractivity contribution in [3.63, 3.8) is 0 Å². The molecule has 3 aliphatic rings. The summed E-state index contributed by atoms with van der Waals surface area (Å²) >= 11 is 0. The molecule has 3 aliphatic heterocycles. The highest BCUT2D eigenvalue weighted by Crippen LogP contribution is 2.25. The highest BCUT2D eigenvalue weighted by atomic mass is 32.2. The van der Waals surface area contributed by atoms with Crippen molar-refractivity contribution in [2.75, 3.05) is 51.6 Å². The fourth-order valence-corrected chi connectivity index (χ4v) is 6.42. The van der Waals surface area contributed by atoms with Crippen molar-refractivity contribution >= 4 is 16.1 Å². The number of carboxylic acid groups (broad SMARTS) is 1. The largest absolute Gasteiger partial charge is 0.465 e. The lowest BCUT2D eigenvalue weighted by atomic mass is 9.94. The Kier molecular flexibility index (Phi) is 7.39. The van der Waals surface area contributed by atoms with Gasteiger partial charge in [0.2, 0.25) is 10.0 Å². The van der Waals surface area contributed by atoms with Crippen LogP contribution in [0.25, 0.3) is 0 Å². The summed E-state index contributed by atoms with van der Waals surface area (Å²) in [7, 11) is -3.22. The number of amides is 1. The second kappa shape index (κ2) is 9.56. The first kappa shape index (κ1) is 20.9. The van der Waals surface area contributed by atoms with Crippen LogP contribution < -0.4 is 0 Å². The Morgan fingerprint density at radius 2 is 1.59 bits per heavy atom. The third-order valence-corrected chi connectivity index (χ3v) is 8.50. The molecule has 27 heavy (non-hydrogen) atoms. The molecule has 1 N–H and O–H groups in total. The van der Waals surface area contributed by atoms with Gasteiger partial charge in [0.05, 0.1) is 5.75 Å². The van der Waals surface area contributed by atoms with Crippen LogP contribution in [0.2, 0.25) is 0 Å². The first-order chi connectivity index (χ1) is 12.9. The highest BCUT2D eigenvalue weighted by molar-refractivity contribution is 7.89. The lowest BCUT2D eigenvalue weighted by Crippen LogP contribution is -2.42. The van der Waals surface area contributed by atoms with Crippen LogP contribution in [-0.4, -0.2) is 85.3 Å². The van der Waals surface area contributed by atoms with Crippen molar-refractivity contribution in [2.45, 2.75) is 51.4 Å². The van der Waals surface area contributed by atoms with Gasteiger partial charge in [-0.3, -0.25) is 0 Å². The average molecular weight is 402 g/mol. The van der Waals surface area contributed by atoms with Gasteiger partial charge in [0.25, 0.3) is 0 Å². The molecule has 7 nitrogen and oxygen atoms in total. The van der Waals surface area contributed by atoms with Crippen LogP contribution in [0.15, 0.2) is 0 Å². The normalized spacial score (nSPS) is 26.5. The first-order valence-corrected chi connectivity index (χ1v) is 12.2. The quantitative estimate of drug-likeness (QED) is 0.708. The van der Waals surface area contributed by atoms with Crippen molar-refractivity contribution in [3.05, 3.63) is 0 Å². The second-order valence-corrected chi connectivity index (χ2v) is 10.6. The number of rotatable bonds is 7. The van der Waals surface area contributed by atoms with Crippen molar-refractivity contribution in [3.8, 4) is 0 Å². The van der Waals surface area contributed by atoms with E-state index in [1.807, 2.05) is 0 Å². The van der Waals surface area contributed by atoms with E-state index in [1.165, 1.54) is 43.8 Å². The summed E-state index contributed by atoms with van der Waals surface area (Å²) in [4.78, 5) is 15.1. The van der Waals surface area contributed by atoms with E-state index in [0.717, 1.165) is 25.7 Å². The Bertz CT molecular complexity index is 584. The fourth-order valence-electron chi connectivity index (χ4n) is 4.77. The molecule has 0 bridgehead atoms. The Morgan fingerprint density at radius 1 is 0.889 bits per heavy atom. The van der Waals surface area contributed by atoms with Gasteiger partial charge in [-0.15, -0.1) is 0 Å². The van der Waals surface area contributed by atoms with E-state index in [4.69, 9.17) is 5.11 Å². The highest BCUT2D eigenvalue weighted by Gasteiger charge is 2.30. The van der Waals surface area contributed by atoms with Crippen LogP contribution in [0.5, 0.6) is 0 Å². The van der Waals surface area contributed by atoms with E-state index < -0.39 is 16.1 Å². The monoisotopic (exact) mass is 401 g/mol. The lowest BCUT2D eigenvalue weighted by Gasteiger charge is -2.33. The lowest BCUT2D eigenvalue weighted by molar-refractivity contribution is 0.119. The smallest absolute Gasteiger partial charge is 0.407 e. The topological polar surface area (TPSA) is 81.2 Å². The molecule has 1 amide bonds. The van der Waals surface area contributed by atoms with Crippen LogP contribution in [-0.2, 0) is 10.0 Å². The number of piperidine rings is 2. The molecule has 3 rings (SSSR count). The van der Waals surface area contributed by atoms with Crippen molar-refractivity contribution in [1.82, 2.24) is 14.1 Å². The van der Waals surface area contributed by atoms with Crippen molar-refractivity contribution in [1.29, 1.82) is 0 Å². The molecule has 0 aromatic carbocycles. The standard InChI is InChI=1S/C19H35N3O4S/c23-19(24)21-11-3-4-18(16-21)8-15-27(25,26)22-13-6-17(7-14-22)5-12-20-9-1-2-10-20/h17-18H,1-16H2,(H,23,24). The van der Waals surface area contributed by atoms with Gasteiger partial charge in [-0.1, -0.05) is 0 Å². The maximum absolute atomic E-state index is 12.7. The zero-order chi connectivity index (χ0) is 19.3. The van der Waals surface area contributed by atoms with Crippen LogP contribution in [0.3, 0.4) is 0 Å². The summed E-state index contributed by atoms with van der Waals surface area (Å²) in [5.41, 5.74) is 0. The summed E-state index contributed by atoms with van der Waals surface area (Å²) in [6.07, 6.45) is 7.23. The third-order valence-electron chi connectivity index (χ3n) is 6.59. The summed E-state index contributed by atoms with van der Waals surface area (Å²) in [6.45, 7) is 5.98. The van der Waals surface area contributed by atoms with Crippen LogP contribution in [0.1, 0.15) is 51.4 Å². The number of likely N-dealkylation sites (tertiary alicyclic amines) is 2. The van der Waals surface area contributed by atoms with Gasteiger partial charge in [0.15, 0.2) is 0 Å². The predicted molar refractivity (Wildman–Crippen MR) is 105 cm³/mol. The van der Waals surface area contributed by atoms with Crippen LogP contribution in [0.4, 0.5) is 4.79 Å². The maximum Gasteiger partial charge on any atom is 0.407 e. The molecule has 3 fully saturated rings. The van der Waals surface area contributed by atoms with Crippen LogP contribution >= 0.6 is 0 Å². The number of hydrogen-bond donors (Lipinski definition) is 1. The van der Waals surface area contributed by atoms with E-state index in [1.54, 1.807) is 4.31 Å². The molecule has 0 aromatic rings. The summed E-state index contributed by atoms with van der Waals surface area (Å²) in [5, 5.41) is 9.12. The van der Waals surface area contributed by atoms with E-state index in [-0.39, 0.29) is 11.7 Å². The van der Waals surface area contributed by atoms with Gasteiger partial charge in [0, 0.05) is 26.2 Å². The minimum absolute atomic E-state index is 0.156. The molecule has 3 saturated heterocycles. The molecule has 0 aromatic heterocycles. The molecule has 0 radical (unpaired) electrons. The Labute approximate surface area is 163 Å². The Hall–Kier alpha value is -0.860. The molecule has 1 unspecified atom stereocenters. The predicted octanol–water partition coefficient (Wildman–Crippen LogP) is 2.29. The first-order valence-electron chi connectivity index (χ1n) is 10.6. The Balaban J connectivity index is 1.38. The molecule has 156 valence electrons.